The molecule has 3 heterocycles. The lowest BCUT2D eigenvalue weighted by molar-refractivity contribution is -0.0924. The number of benzene rings is 3. The van der Waals surface area contributed by atoms with Crippen LogP contribution in [0.3, 0.4) is 0 Å². The van der Waals surface area contributed by atoms with E-state index in [-0.39, 0.29) is 49.3 Å². The molecule has 56 heavy (non-hydrogen) atoms. The highest BCUT2D eigenvalue weighted by atomic mass is 31.2. The zero-order chi connectivity index (χ0) is 39.8. The Morgan fingerprint density at radius 3 is 2.09 bits per heavy atom. The number of fused-ring (bicyclic) bond motifs is 1. The smallest absolute Gasteiger partial charge is 0.351 e. The van der Waals surface area contributed by atoms with Crippen LogP contribution in [-0.4, -0.2) is 70.9 Å². The summed E-state index contributed by atoms with van der Waals surface area (Å²) in [5, 5.41) is 9.91. The molecule has 0 spiro atoms. The Morgan fingerprint density at radius 2 is 1.52 bits per heavy atom. The lowest BCUT2D eigenvalue weighted by atomic mass is 9.80. The number of nitrogens with one attached hydrogen (secondary N) is 1. The van der Waals surface area contributed by atoms with Gasteiger partial charge in [-0.2, -0.15) is 10.2 Å². The lowest BCUT2D eigenvalue weighted by Gasteiger charge is -2.39. The van der Waals surface area contributed by atoms with E-state index in [9.17, 15) is 14.9 Å². The molecule has 1 fully saturated rings. The molecule has 0 aliphatic carbocycles. The lowest BCUT2D eigenvalue weighted by Crippen LogP contribution is -2.39. The molecule has 14 heteroatoms. The van der Waals surface area contributed by atoms with Crippen LogP contribution in [-0.2, 0) is 24.1 Å². The predicted octanol–water partition coefficient (Wildman–Crippen LogP) is 7.06. The highest BCUT2D eigenvalue weighted by Gasteiger charge is 2.45. The van der Waals surface area contributed by atoms with Crippen LogP contribution in [0.2, 0.25) is 0 Å². The van der Waals surface area contributed by atoms with E-state index < -0.39 is 38.3 Å². The van der Waals surface area contributed by atoms with Crippen molar-refractivity contribution in [1.29, 1.82) is 5.26 Å². The van der Waals surface area contributed by atoms with Gasteiger partial charge in [0.25, 0.3) is 8.53 Å². The average Bonchev–Trinajstić information content (AvgIpc) is 3.60. The Kier molecular flexibility index (Phi) is 13.3. The standard InChI is InChI=1S/C42H48N5O8P/c1-28(2)47(29(3)4)56(53-24-10-23-43)55-36-25-39(46-26-30-13-22-38(48)44-40(30)45-41(46)49)54-37(36)27-52-42(31-11-8-7-9-12-31,32-14-18-34(50-5)19-15-32)33-16-20-35(51-6)21-17-33/h7-9,11-22,26,28-29,36-37,39H,10,24-25,27H2,1-6H3,(H,44,45,48,49). The Morgan fingerprint density at radius 1 is 0.911 bits per heavy atom. The van der Waals surface area contributed by atoms with E-state index in [1.807, 2.05) is 78.9 Å². The first-order valence-corrected chi connectivity index (χ1v) is 19.7. The third kappa shape index (κ3) is 8.87. The van der Waals surface area contributed by atoms with Gasteiger partial charge >= 0.3 is 5.69 Å². The first-order chi connectivity index (χ1) is 27.1. The van der Waals surface area contributed by atoms with E-state index in [4.69, 9.17) is 28.0 Å². The zero-order valence-electron chi connectivity index (χ0n) is 32.5. The number of nitriles is 1. The van der Waals surface area contributed by atoms with Gasteiger partial charge in [0.2, 0.25) is 5.56 Å². The summed E-state index contributed by atoms with van der Waals surface area (Å²) >= 11 is 0. The van der Waals surface area contributed by atoms with Crippen LogP contribution in [0.4, 0.5) is 0 Å². The number of aromatic amines is 1. The number of pyridine rings is 1. The van der Waals surface area contributed by atoms with Crippen molar-refractivity contribution in [3.8, 4) is 17.6 Å². The summed E-state index contributed by atoms with van der Waals surface area (Å²) in [5.41, 5.74) is 0.671. The molecule has 1 saturated heterocycles. The van der Waals surface area contributed by atoms with Gasteiger partial charge in [-0.05, 0) is 74.7 Å². The summed E-state index contributed by atoms with van der Waals surface area (Å²) in [4.78, 5) is 32.3. The molecule has 4 unspecified atom stereocenters. The molecule has 0 radical (unpaired) electrons. The van der Waals surface area contributed by atoms with Gasteiger partial charge in [-0.1, -0.05) is 54.6 Å². The SMILES string of the molecule is COc1ccc(C(OCC2OC(n3cc4ccc(=O)[nH]c4nc3=O)CC2OP(OCCC#N)N(C(C)C)C(C)C)(c2ccccc2)c2ccc(OC)cc2)cc1. The minimum Gasteiger partial charge on any atom is -0.497 e. The maximum atomic E-state index is 13.5. The van der Waals surface area contributed by atoms with Gasteiger partial charge < -0.3 is 33.0 Å². The predicted molar refractivity (Wildman–Crippen MR) is 214 cm³/mol. The van der Waals surface area contributed by atoms with Crippen LogP contribution in [0, 0.1) is 11.3 Å². The monoisotopic (exact) mass is 781 g/mol. The fourth-order valence-electron chi connectivity index (χ4n) is 7.06. The molecule has 6 rings (SSSR count). The van der Waals surface area contributed by atoms with Gasteiger partial charge in [0, 0.05) is 36.2 Å². The number of hydrogen-bond acceptors (Lipinski definition) is 11. The van der Waals surface area contributed by atoms with Crippen LogP contribution in [0.25, 0.3) is 11.0 Å². The van der Waals surface area contributed by atoms with E-state index in [2.05, 4.69) is 48.4 Å². The Bertz CT molecular complexity index is 2150. The Hall–Kier alpha value is -4.93. The topological polar surface area (TPSA) is 150 Å². The van der Waals surface area contributed by atoms with E-state index in [0.29, 0.717) is 16.9 Å². The maximum Gasteiger partial charge on any atom is 0.351 e. The van der Waals surface area contributed by atoms with Crippen LogP contribution in [0.15, 0.2) is 107 Å². The minimum absolute atomic E-state index is 0.0297. The first-order valence-electron chi connectivity index (χ1n) is 18.6. The summed E-state index contributed by atoms with van der Waals surface area (Å²) in [5.74, 6) is 1.40. The quantitative estimate of drug-likeness (QED) is 0.0587. The molecule has 5 aromatic rings. The Balaban J connectivity index is 1.44. The number of ether oxygens (including phenoxy) is 4. The number of methoxy groups -OCH3 is 2. The summed E-state index contributed by atoms with van der Waals surface area (Å²) < 4.78 is 41.9. The molecule has 3 aromatic carbocycles. The highest BCUT2D eigenvalue weighted by Crippen LogP contribution is 2.50. The second kappa shape index (κ2) is 18.3. The zero-order valence-corrected chi connectivity index (χ0v) is 33.3. The normalized spacial score (nSPS) is 17.8. The fraction of sp³-hybridized carbons (Fsp3) is 0.381. The van der Waals surface area contributed by atoms with Crippen molar-refractivity contribution in [2.24, 2.45) is 0 Å². The van der Waals surface area contributed by atoms with E-state index in [0.717, 1.165) is 16.7 Å². The van der Waals surface area contributed by atoms with Crippen molar-refractivity contribution < 1.29 is 28.0 Å². The highest BCUT2D eigenvalue weighted by molar-refractivity contribution is 7.44. The van der Waals surface area contributed by atoms with Crippen LogP contribution < -0.4 is 20.7 Å². The summed E-state index contributed by atoms with van der Waals surface area (Å²) in [6.45, 7) is 8.51. The van der Waals surface area contributed by atoms with Crippen molar-refractivity contribution in [2.45, 2.75) is 76.7 Å². The number of hydrogen-bond donors (Lipinski definition) is 1. The van der Waals surface area contributed by atoms with Crippen molar-refractivity contribution in [3.05, 3.63) is 135 Å². The summed E-state index contributed by atoms with van der Waals surface area (Å²) in [6, 6.07) is 30.8. The number of nitrogens with zero attached hydrogens (tertiary/aromatic N) is 4. The van der Waals surface area contributed by atoms with E-state index in [1.165, 1.54) is 10.6 Å². The van der Waals surface area contributed by atoms with Gasteiger partial charge in [-0.15, -0.1) is 0 Å². The number of rotatable bonds is 17. The summed E-state index contributed by atoms with van der Waals surface area (Å²) in [7, 11) is 1.57. The van der Waals surface area contributed by atoms with E-state index in [1.54, 1.807) is 26.5 Å². The van der Waals surface area contributed by atoms with Crippen LogP contribution >= 0.6 is 8.53 Å². The van der Waals surface area contributed by atoms with Gasteiger partial charge in [-0.3, -0.25) is 9.36 Å². The molecular formula is C42H48N5O8P. The molecule has 13 nitrogen and oxygen atoms in total. The third-order valence-electron chi connectivity index (χ3n) is 9.65. The van der Waals surface area contributed by atoms with Crippen molar-refractivity contribution in [2.75, 3.05) is 27.4 Å². The fourth-order valence-corrected chi connectivity index (χ4v) is 8.82. The molecule has 0 bridgehead atoms. The molecule has 294 valence electrons. The van der Waals surface area contributed by atoms with Crippen molar-refractivity contribution in [3.63, 3.8) is 0 Å². The van der Waals surface area contributed by atoms with Gasteiger partial charge in [0.1, 0.15) is 35.1 Å². The molecule has 2 aromatic heterocycles. The van der Waals surface area contributed by atoms with Crippen molar-refractivity contribution >= 4 is 19.6 Å². The summed E-state index contributed by atoms with van der Waals surface area (Å²) in [6.07, 6.45) is -0.0182. The minimum atomic E-state index is -1.69. The molecule has 1 N–H and O–H groups in total. The van der Waals surface area contributed by atoms with Crippen LogP contribution in [0.5, 0.6) is 11.5 Å². The van der Waals surface area contributed by atoms with Gasteiger partial charge in [0.15, 0.2) is 0 Å². The average molecular weight is 782 g/mol. The number of aromatic nitrogens is 3. The molecule has 0 saturated carbocycles. The molecule has 1 aliphatic rings. The first kappa shape index (κ1) is 40.7. The van der Waals surface area contributed by atoms with E-state index >= 15 is 0 Å². The maximum absolute atomic E-state index is 13.5. The molecule has 0 amide bonds. The molecular weight excluding hydrogens is 733 g/mol. The second-order valence-electron chi connectivity index (χ2n) is 13.9. The molecule has 1 aliphatic heterocycles. The van der Waals surface area contributed by atoms with Crippen LogP contribution in [0.1, 0.15) is 63.5 Å². The molecule has 4 atom stereocenters. The second-order valence-corrected chi connectivity index (χ2v) is 15.3. The van der Waals surface area contributed by atoms with Crippen molar-refractivity contribution in [1.82, 2.24) is 19.2 Å². The largest absolute Gasteiger partial charge is 0.497 e. The third-order valence-corrected chi connectivity index (χ3v) is 11.8. The van der Waals surface area contributed by atoms with Gasteiger partial charge in [0.05, 0.1) is 46.0 Å². The Labute approximate surface area is 327 Å². The number of H-pyrrole nitrogens is 1. The van der Waals surface area contributed by atoms with Gasteiger partial charge in [-0.25, -0.2) is 9.46 Å².